The number of fused-ring (bicyclic) bond motifs is 1. The Labute approximate surface area is 145 Å². The molecule has 3 rings (SSSR count). The summed E-state index contributed by atoms with van der Waals surface area (Å²) < 4.78 is 13.5. The molecule has 2 heteroatoms. The first-order valence-electron chi connectivity index (χ1n) is 8.92. The molecule has 0 nitrogen and oxygen atoms in total. The first-order chi connectivity index (χ1) is 11.6. The maximum absolute atomic E-state index is 13.5. The molecule has 24 heavy (non-hydrogen) atoms. The van der Waals surface area contributed by atoms with Crippen LogP contribution in [0.2, 0.25) is 18.1 Å². The zero-order valence-corrected chi connectivity index (χ0v) is 15.8. The van der Waals surface area contributed by atoms with Crippen LogP contribution in [0, 0.1) is 5.82 Å². The predicted molar refractivity (Wildman–Crippen MR) is 106 cm³/mol. The van der Waals surface area contributed by atoms with Gasteiger partial charge in [0.15, 0.2) is 0 Å². The molecule has 0 heterocycles. The molecule has 0 N–H and O–H groups in total. The number of hydrogen-bond donors (Lipinski definition) is 0. The highest BCUT2D eigenvalue weighted by molar-refractivity contribution is 6.91. The molecule has 0 aliphatic rings. The Morgan fingerprint density at radius 3 is 2.00 bits per heavy atom. The molecule has 124 valence electrons. The van der Waals surface area contributed by atoms with E-state index in [-0.39, 0.29) is 5.82 Å². The Morgan fingerprint density at radius 1 is 0.708 bits per heavy atom. The molecule has 0 fully saturated rings. The van der Waals surface area contributed by atoms with Gasteiger partial charge in [-0.15, -0.1) is 0 Å². The third-order valence-electron chi connectivity index (χ3n) is 5.64. The quantitative estimate of drug-likeness (QED) is 0.475. The average molecular weight is 337 g/mol. The van der Waals surface area contributed by atoms with Crippen molar-refractivity contribution in [3.63, 3.8) is 0 Å². The summed E-state index contributed by atoms with van der Waals surface area (Å²) in [7, 11) is -1.35. The monoisotopic (exact) mass is 336 g/mol. The van der Waals surface area contributed by atoms with Gasteiger partial charge in [0, 0.05) is 0 Å². The van der Waals surface area contributed by atoms with Gasteiger partial charge >= 0.3 is 0 Å². The summed E-state index contributed by atoms with van der Waals surface area (Å²) in [6.45, 7) is 7.03. The van der Waals surface area contributed by atoms with E-state index in [9.17, 15) is 4.39 Å². The van der Waals surface area contributed by atoms with E-state index < -0.39 is 8.07 Å². The smallest absolute Gasteiger partial charge is 0.123 e. The Hall–Kier alpha value is -1.93. The molecule has 0 spiro atoms. The SMILES string of the molecule is CC[Si](CC)(CC)c1ccc2cc(-c3cccc(F)c3)ccc2c1. The van der Waals surface area contributed by atoms with Crippen molar-refractivity contribution in [3.8, 4) is 11.1 Å². The molecule has 3 aromatic carbocycles. The summed E-state index contributed by atoms with van der Waals surface area (Å²) in [5, 5.41) is 4.09. The summed E-state index contributed by atoms with van der Waals surface area (Å²) in [5.74, 6) is -0.187. The van der Waals surface area contributed by atoms with Gasteiger partial charge in [-0.2, -0.15) is 0 Å². The van der Waals surface area contributed by atoms with E-state index in [1.807, 2.05) is 6.07 Å². The molecule has 0 saturated heterocycles. The zero-order chi connectivity index (χ0) is 17.2. The Morgan fingerprint density at radius 2 is 1.33 bits per heavy atom. The molecule has 0 amide bonds. The first kappa shape index (κ1) is 16.9. The van der Waals surface area contributed by atoms with Crippen molar-refractivity contribution in [1.29, 1.82) is 0 Å². The number of rotatable bonds is 5. The first-order valence-corrected chi connectivity index (χ1v) is 11.5. The van der Waals surface area contributed by atoms with Gasteiger partial charge in [0.2, 0.25) is 0 Å². The van der Waals surface area contributed by atoms with Gasteiger partial charge < -0.3 is 0 Å². The van der Waals surface area contributed by atoms with E-state index in [0.29, 0.717) is 0 Å². The van der Waals surface area contributed by atoms with Gasteiger partial charge in [0.25, 0.3) is 0 Å². The molecule has 0 bridgehead atoms. The van der Waals surface area contributed by atoms with Crippen LogP contribution in [-0.2, 0) is 0 Å². The fraction of sp³-hybridized carbons (Fsp3) is 0.273. The van der Waals surface area contributed by atoms with Crippen molar-refractivity contribution in [3.05, 3.63) is 66.5 Å². The highest BCUT2D eigenvalue weighted by Crippen LogP contribution is 2.27. The highest BCUT2D eigenvalue weighted by atomic mass is 28.3. The predicted octanol–water partition coefficient (Wildman–Crippen LogP) is 6.36. The van der Waals surface area contributed by atoms with Crippen LogP contribution in [0.3, 0.4) is 0 Å². The van der Waals surface area contributed by atoms with Gasteiger partial charge in [-0.1, -0.05) is 86.6 Å². The number of benzene rings is 3. The second-order valence-electron chi connectivity index (χ2n) is 6.63. The summed E-state index contributed by atoms with van der Waals surface area (Å²) >= 11 is 0. The van der Waals surface area contributed by atoms with Crippen LogP contribution in [-0.4, -0.2) is 8.07 Å². The van der Waals surface area contributed by atoms with Crippen LogP contribution in [0.5, 0.6) is 0 Å². The average Bonchev–Trinajstić information content (AvgIpc) is 2.63. The Bertz CT molecular complexity index is 841. The highest BCUT2D eigenvalue weighted by Gasteiger charge is 2.28. The van der Waals surface area contributed by atoms with Crippen LogP contribution in [0.4, 0.5) is 4.39 Å². The lowest BCUT2D eigenvalue weighted by Crippen LogP contribution is -2.45. The Balaban J connectivity index is 2.06. The van der Waals surface area contributed by atoms with E-state index in [1.165, 1.54) is 35.0 Å². The zero-order valence-electron chi connectivity index (χ0n) is 14.8. The van der Waals surface area contributed by atoms with Gasteiger partial charge in [-0.25, -0.2) is 4.39 Å². The molecule has 0 aliphatic heterocycles. The second kappa shape index (κ2) is 6.90. The van der Waals surface area contributed by atoms with Crippen LogP contribution >= 0.6 is 0 Å². The third-order valence-corrected chi connectivity index (χ3v) is 11.2. The number of hydrogen-bond acceptors (Lipinski definition) is 0. The molecular weight excluding hydrogens is 311 g/mol. The maximum Gasteiger partial charge on any atom is 0.123 e. The fourth-order valence-electron chi connectivity index (χ4n) is 3.79. The van der Waals surface area contributed by atoms with Crippen molar-refractivity contribution >= 4 is 24.0 Å². The molecule has 0 unspecified atom stereocenters. The second-order valence-corrected chi connectivity index (χ2v) is 11.9. The van der Waals surface area contributed by atoms with Crippen molar-refractivity contribution < 1.29 is 4.39 Å². The van der Waals surface area contributed by atoms with Crippen molar-refractivity contribution in [1.82, 2.24) is 0 Å². The summed E-state index contributed by atoms with van der Waals surface area (Å²) in [6.07, 6.45) is 0. The minimum Gasteiger partial charge on any atom is -0.207 e. The summed E-state index contributed by atoms with van der Waals surface area (Å²) in [5.41, 5.74) is 2.00. The normalized spacial score (nSPS) is 11.8. The summed E-state index contributed by atoms with van der Waals surface area (Å²) in [6, 6.07) is 24.1. The lowest BCUT2D eigenvalue weighted by molar-refractivity contribution is 0.628. The summed E-state index contributed by atoms with van der Waals surface area (Å²) in [4.78, 5) is 0. The van der Waals surface area contributed by atoms with Crippen molar-refractivity contribution in [2.45, 2.75) is 38.9 Å². The lowest BCUT2D eigenvalue weighted by atomic mass is 10.0. The largest absolute Gasteiger partial charge is 0.207 e. The molecular formula is C22H25FSi. The minimum absolute atomic E-state index is 0.187. The molecule has 0 aliphatic carbocycles. The molecule has 0 atom stereocenters. The minimum atomic E-state index is -1.35. The lowest BCUT2D eigenvalue weighted by Gasteiger charge is -2.29. The van der Waals surface area contributed by atoms with Crippen LogP contribution in [0.25, 0.3) is 21.9 Å². The van der Waals surface area contributed by atoms with Gasteiger partial charge in [-0.05, 0) is 40.1 Å². The van der Waals surface area contributed by atoms with E-state index in [4.69, 9.17) is 0 Å². The van der Waals surface area contributed by atoms with Gasteiger partial charge in [0.1, 0.15) is 5.82 Å². The topological polar surface area (TPSA) is 0 Å². The maximum atomic E-state index is 13.5. The molecule has 3 aromatic rings. The fourth-order valence-corrected chi connectivity index (χ4v) is 7.41. The third kappa shape index (κ3) is 3.03. The van der Waals surface area contributed by atoms with E-state index in [2.05, 4.69) is 57.2 Å². The van der Waals surface area contributed by atoms with Crippen molar-refractivity contribution in [2.75, 3.05) is 0 Å². The van der Waals surface area contributed by atoms with E-state index >= 15 is 0 Å². The standard InChI is InChI=1S/C22H25FSi/c1-4-24(5-2,6-3)22-13-12-19-14-18(10-11-20(19)16-22)17-8-7-9-21(23)15-17/h7-16H,4-6H2,1-3H3. The van der Waals surface area contributed by atoms with Crippen LogP contribution in [0.1, 0.15) is 20.8 Å². The number of halogens is 1. The van der Waals surface area contributed by atoms with E-state index in [1.54, 1.807) is 17.3 Å². The van der Waals surface area contributed by atoms with E-state index in [0.717, 1.165) is 11.1 Å². The van der Waals surface area contributed by atoms with Gasteiger partial charge in [-0.3, -0.25) is 0 Å². The molecule has 0 saturated carbocycles. The molecule has 0 radical (unpaired) electrons. The van der Waals surface area contributed by atoms with Crippen molar-refractivity contribution in [2.24, 2.45) is 0 Å². The van der Waals surface area contributed by atoms with Crippen LogP contribution < -0.4 is 5.19 Å². The van der Waals surface area contributed by atoms with Gasteiger partial charge in [0.05, 0.1) is 8.07 Å². The molecule has 0 aromatic heterocycles. The van der Waals surface area contributed by atoms with Crippen LogP contribution in [0.15, 0.2) is 60.7 Å². The Kier molecular flexibility index (Phi) is 4.86.